The normalized spacial score (nSPS) is 15.1. The van der Waals surface area contributed by atoms with Gasteiger partial charge in [0.1, 0.15) is 0 Å². The number of hydrogen-bond donors (Lipinski definition) is 3. The van der Waals surface area contributed by atoms with Crippen LogP contribution in [0.1, 0.15) is 61.9 Å². The topological polar surface area (TPSA) is 85.8 Å². The SMILES string of the molecule is CCCCCCC(C)NC(=NC)NCc1ccc(C(=O)N2CCNC(=O)C2)cc1.I. The minimum atomic E-state index is -0.108. The highest BCUT2D eigenvalue weighted by molar-refractivity contribution is 14.0. The van der Waals surface area contributed by atoms with E-state index >= 15 is 0 Å². The summed E-state index contributed by atoms with van der Waals surface area (Å²) in [6, 6.07) is 7.88. The fraction of sp³-hybridized carbons (Fsp3) is 0.591. The van der Waals surface area contributed by atoms with E-state index in [4.69, 9.17) is 0 Å². The first-order valence-corrected chi connectivity index (χ1v) is 10.7. The molecule has 0 aromatic heterocycles. The molecule has 0 aliphatic carbocycles. The van der Waals surface area contributed by atoms with Gasteiger partial charge in [0.15, 0.2) is 5.96 Å². The summed E-state index contributed by atoms with van der Waals surface area (Å²) in [6.07, 6.45) is 6.19. The number of carbonyl (C=O) groups excluding carboxylic acids is 2. The summed E-state index contributed by atoms with van der Waals surface area (Å²) in [5.41, 5.74) is 1.67. The van der Waals surface area contributed by atoms with E-state index in [0.717, 1.165) is 17.9 Å². The van der Waals surface area contributed by atoms with Crippen molar-refractivity contribution in [1.82, 2.24) is 20.9 Å². The van der Waals surface area contributed by atoms with Crippen LogP contribution in [0.5, 0.6) is 0 Å². The minimum Gasteiger partial charge on any atom is -0.354 e. The molecule has 7 nitrogen and oxygen atoms in total. The van der Waals surface area contributed by atoms with Gasteiger partial charge in [0.2, 0.25) is 5.91 Å². The van der Waals surface area contributed by atoms with E-state index in [1.54, 1.807) is 11.9 Å². The van der Waals surface area contributed by atoms with Crippen LogP contribution in [0.25, 0.3) is 0 Å². The highest BCUT2D eigenvalue weighted by Gasteiger charge is 2.22. The van der Waals surface area contributed by atoms with Crippen LogP contribution in [0.4, 0.5) is 0 Å². The summed E-state index contributed by atoms with van der Waals surface area (Å²) < 4.78 is 0. The second kappa shape index (κ2) is 14.2. The Morgan fingerprint density at radius 3 is 2.60 bits per heavy atom. The second-order valence-electron chi connectivity index (χ2n) is 7.59. The van der Waals surface area contributed by atoms with Crippen molar-refractivity contribution in [2.75, 3.05) is 26.7 Å². The number of unbranched alkanes of at least 4 members (excludes halogenated alkanes) is 3. The lowest BCUT2D eigenvalue weighted by molar-refractivity contribution is -0.123. The van der Waals surface area contributed by atoms with Crippen molar-refractivity contribution >= 4 is 41.8 Å². The quantitative estimate of drug-likeness (QED) is 0.199. The molecule has 2 amide bonds. The van der Waals surface area contributed by atoms with Crippen LogP contribution >= 0.6 is 24.0 Å². The van der Waals surface area contributed by atoms with Crippen molar-refractivity contribution in [1.29, 1.82) is 0 Å². The molecule has 1 heterocycles. The monoisotopic (exact) mass is 529 g/mol. The largest absolute Gasteiger partial charge is 0.354 e. The average Bonchev–Trinajstić information content (AvgIpc) is 2.74. The highest BCUT2D eigenvalue weighted by Crippen LogP contribution is 2.09. The van der Waals surface area contributed by atoms with Gasteiger partial charge in [0, 0.05) is 38.3 Å². The van der Waals surface area contributed by atoms with Gasteiger partial charge in [-0.3, -0.25) is 14.6 Å². The molecule has 168 valence electrons. The van der Waals surface area contributed by atoms with Crippen molar-refractivity contribution in [3.63, 3.8) is 0 Å². The summed E-state index contributed by atoms with van der Waals surface area (Å²) in [5.74, 6) is 0.574. The zero-order valence-corrected chi connectivity index (χ0v) is 20.7. The maximum absolute atomic E-state index is 12.5. The van der Waals surface area contributed by atoms with Crippen LogP contribution in [0.15, 0.2) is 29.3 Å². The molecule has 30 heavy (non-hydrogen) atoms. The van der Waals surface area contributed by atoms with Gasteiger partial charge in [-0.1, -0.05) is 44.7 Å². The molecule has 8 heteroatoms. The number of nitrogens with one attached hydrogen (secondary N) is 3. The number of piperazine rings is 1. The fourth-order valence-electron chi connectivity index (χ4n) is 3.32. The Balaban J connectivity index is 0.00000450. The van der Waals surface area contributed by atoms with Crippen molar-refractivity contribution < 1.29 is 9.59 Å². The molecule has 0 saturated carbocycles. The summed E-state index contributed by atoms with van der Waals surface area (Å²) in [6.45, 7) is 6.22. The summed E-state index contributed by atoms with van der Waals surface area (Å²) in [5, 5.41) is 9.49. The first kappa shape index (κ1) is 26.2. The molecule has 1 atom stereocenters. The van der Waals surface area contributed by atoms with E-state index in [9.17, 15) is 9.59 Å². The second-order valence-corrected chi connectivity index (χ2v) is 7.59. The average molecular weight is 529 g/mol. The molecular weight excluding hydrogens is 493 g/mol. The van der Waals surface area contributed by atoms with Crippen LogP contribution in [0, 0.1) is 0 Å². The number of guanidine groups is 1. The number of halogens is 1. The maximum Gasteiger partial charge on any atom is 0.254 e. The number of nitrogens with zero attached hydrogens (tertiary/aromatic N) is 2. The third-order valence-electron chi connectivity index (χ3n) is 5.08. The zero-order valence-electron chi connectivity index (χ0n) is 18.4. The van der Waals surface area contributed by atoms with Gasteiger partial charge >= 0.3 is 0 Å². The lowest BCUT2D eigenvalue weighted by Gasteiger charge is -2.26. The first-order valence-electron chi connectivity index (χ1n) is 10.7. The number of rotatable bonds is 9. The zero-order chi connectivity index (χ0) is 21.1. The van der Waals surface area contributed by atoms with E-state index in [2.05, 4.69) is 34.8 Å². The third-order valence-corrected chi connectivity index (χ3v) is 5.08. The smallest absolute Gasteiger partial charge is 0.254 e. The summed E-state index contributed by atoms with van der Waals surface area (Å²) >= 11 is 0. The maximum atomic E-state index is 12.5. The molecule has 1 aliphatic heterocycles. The van der Waals surface area contributed by atoms with Gasteiger partial charge in [0.25, 0.3) is 5.91 Å². The molecule has 0 radical (unpaired) electrons. The molecule has 1 aliphatic rings. The molecule has 3 N–H and O–H groups in total. The van der Waals surface area contributed by atoms with Gasteiger partial charge < -0.3 is 20.9 Å². The Bertz CT molecular complexity index is 693. The van der Waals surface area contributed by atoms with E-state index in [1.807, 2.05) is 24.3 Å². The Morgan fingerprint density at radius 2 is 1.97 bits per heavy atom. The van der Waals surface area contributed by atoms with Crippen molar-refractivity contribution in [3.05, 3.63) is 35.4 Å². The van der Waals surface area contributed by atoms with Crippen LogP contribution in [0.3, 0.4) is 0 Å². The van der Waals surface area contributed by atoms with Crippen LogP contribution < -0.4 is 16.0 Å². The molecule has 1 saturated heterocycles. The Morgan fingerprint density at radius 1 is 1.23 bits per heavy atom. The van der Waals surface area contributed by atoms with Gasteiger partial charge in [-0.2, -0.15) is 0 Å². The molecule has 0 spiro atoms. The summed E-state index contributed by atoms with van der Waals surface area (Å²) in [7, 11) is 1.77. The Kier molecular flexibility index (Phi) is 12.4. The molecule has 1 fully saturated rings. The molecule has 1 unspecified atom stereocenters. The summed E-state index contributed by atoms with van der Waals surface area (Å²) in [4.78, 5) is 29.9. The third kappa shape index (κ3) is 8.89. The fourth-order valence-corrected chi connectivity index (χ4v) is 3.32. The lowest BCUT2D eigenvalue weighted by Crippen LogP contribution is -2.49. The number of carbonyl (C=O) groups is 2. The predicted octanol–water partition coefficient (Wildman–Crippen LogP) is 2.90. The molecular formula is C22H36IN5O2. The predicted molar refractivity (Wildman–Crippen MR) is 132 cm³/mol. The van der Waals surface area contributed by atoms with Gasteiger partial charge in [-0.15, -0.1) is 24.0 Å². The van der Waals surface area contributed by atoms with Gasteiger partial charge in [0.05, 0.1) is 6.54 Å². The lowest BCUT2D eigenvalue weighted by atomic mass is 10.1. The van der Waals surface area contributed by atoms with Gasteiger partial charge in [-0.25, -0.2) is 0 Å². The highest BCUT2D eigenvalue weighted by atomic mass is 127. The molecule has 0 bridgehead atoms. The molecule has 1 aromatic carbocycles. The number of aliphatic imine (C=N–C) groups is 1. The van der Waals surface area contributed by atoms with Crippen molar-refractivity contribution in [3.8, 4) is 0 Å². The number of amides is 2. The molecule has 1 aromatic rings. The van der Waals surface area contributed by atoms with E-state index in [0.29, 0.717) is 31.2 Å². The van der Waals surface area contributed by atoms with Crippen LogP contribution in [-0.2, 0) is 11.3 Å². The van der Waals surface area contributed by atoms with E-state index < -0.39 is 0 Å². The van der Waals surface area contributed by atoms with E-state index in [1.165, 1.54) is 25.7 Å². The van der Waals surface area contributed by atoms with Gasteiger partial charge in [-0.05, 0) is 31.0 Å². The number of hydrogen-bond acceptors (Lipinski definition) is 3. The van der Waals surface area contributed by atoms with Crippen LogP contribution in [-0.4, -0.2) is 55.4 Å². The van der Waals surface area contributed by atoms with Crippen molar-refractivity contribution in [2.45, 2.75) is 58.5 Å². The number of benzene rings is 1. The Hall–Kier alpha value is -1.84. The van der Waals surface area contributed by atoms with Crippen molar-refractivity contribution in [2.24, 2.45) is 4.99 Å². The standard InChI is InChI=1S/C22H35N5O2.HI/c1-4-5-6-7-8-17(2)26-22(23-3)25-15-18-9-11-19(12-10-18)21(29)27-14-13-24-20(28)16-27;/h9-12,17H,4-8,13-16H2,1-3H3,(H,24,28)(H2,23,25,26);1H. The minimum absolute atomic E-state index is 0. The van der Waals surface area contributed by atoms with E-state index in [-0.39, 0.29) is 42.3 Å². The first-order chi connectivity index (χ1) is 14.0. The van der Waals surface area contributed by atoms with Crippen LogP contribution in [0.2, 0.25) is 0 Å². The Labute approximate surface area is 197 Å². The molecule has 2 rings (SSSR count).